The first kappa shape index (κ1) is 23.8. The highest BCUT2D eigenvalue weighted by Crippen LogP contribution is 2.27. The van der Waals surface area contributed by atoms with Gasteiger partial charge in [-0.15, -0.1) is 0 Å². The second-order valence-electron chi connectivity index (χ2n) is 7.93. The Morgan fingerprint density at radius 2 is 1.57 bits per heavy atom. The maximum atomic E-state index is 12.4. The lowest BCUT2D eigenvalue weighted by Gasteiger charge is -2.08. The summed E-state index contributed by atoms with van der Waals surface area (Å²) in [6.07, 6.45) is 3.12. The quantitative estimate of drug-likeness (QED) is 0.274. The number of aromatic nitrogens is 3. The van der Waals surface area contributed by atoms with Crippen molar-refractivity contribution in [1.82, 2.24) is 20.4 Å². The van der Waals surface area contributed by atoms with Crippen molar-refractivity contribution in [3.05, 3.63) is 72.6 Å². The van der Waals surface area contributed by atoms with Gasteiger partial charge in [-0.3, -0.25) is 20.5 Å². The van der Waals surface area contributed by atoms with Crippen LogP contribution in [0.5, 0.6) is 0 Å². The van der Waals surface area contributed by atoms with E-state index in [1.54, 1.807) is 80.8 Å². The Bertz CT molecular complexity index is 1490. The van der Waals surface area contributed by atoms with Crippen LogP contribution in [0.15, 0.2) is 76.4 Å². The fraction of sp³-hybridized carbons (Fsp3) is 0.125. The van der Waals surface area contributed by atoms with E-state index in [0.29, 0.717) is 39.5 Å². The molecule has 0 unspecified atom stereocenters. The molecular weight excluding hydrogens is 468 g/mol. The molecule has 0 fully saturated rings. The zero-order valence-corrected chi connectivity index (χ0v) is 19.7. The van der Waals surface area contributed by atoms with Gasteiger partial charge < -0.3 is 10.3 Å². The number of carbonyl (C=O) groups is 1. The maximum Gasteiger partial charge on any atom is 0.257 e. The number of amides is 1. The molecule has 10 nitrogen and oxygen atoms in total. The van der Waals surface area contributed by atoms with Gasteiger partial charge in [0.15, 0.2) is 21.6 Å². The third-order valence-corrected chi connectivity index (χ3v) is 7.36. The highest BCUT2D eigenvalue weighted by Gasteiger charge is 2.19. The highest BCUT2D eigenvalue weighted by atomic mass is 32.2. The molecule has 1 amide bonds. The van der Waals surface area contributed by atoms with E-state index in [2.05, 4.69) is 20.4 Å². The van der Waals surface area contributed by atoms with Gasteiger partial charge in [0, 0.05) is 22.8 Å². The summed E-state index contributed by atoms with van der Waals surface area (Å²) in [5, 5.41) is 12.9. The number of nitrogens with two attached hydrogens (primary N) is 1. The number of benzene rings is 2. The fourth-order valence-corrected chi connectivity index (χ4v) is 4.29. The lowest BCUT2D eigenvalue weighted by atomic mass is 10.1. The largest absolute Gasteiger partial charge is 0.370 e. The molecule has 2 heterocycles. The van der Waals surface area contributed by atoms with E-state index in [9.17, 15) is 13.2 Å². The lowest BCUT2D eigenvalue weighted by molar-refractivity contribution is 0.0976. The summed E-state index contributed by atoms with van der Waals surface area (Å²) in [7, 11) is -3.36. The molecule has 2 aromatic carbocycles. The standard InChI is InChI=1S/C24H22N6O4S/c1-14(2)35(32,33)18-9-7-16(8-10-18)20-12-27-13-21(28-20)22-11-19(30-34-22)15-3-5-17(6-4-15)23(31)29-24(25)26/h3-14H,1-2H3,(H4,25,26,29,31). The van der Waals surface area contributed by atoms with Crippen LogP contribution >= 0.6 is 0 Å². The van der Waals surface area contributed by atoms with Crippen molar-refractivity contribution < 1.29 is 17.7 Å². The number of sulfone groups is 1. The second kappa shape index (κ2) is 9.47. The first-order chi connectivity index (χ1) is 16.6. The van der Waals surface area contributed by atoms with Crippen molar-refractivity contribution in [2.45, 2.75) is 24.0 Å². The van der Waals surface area contributed by atoms with E-state index in [0.717, 1.165) is 0 Å². The number of carbonyl (C=O) groups excluding carboxylic acids is 1. The predicted octanol–water partition coefficient (Wildman–Crippen LogP) is 3.27. The van der Waals surface area contributed by atoms with E-state index in [-0.39, 0.29) is 4.90 Å². The number of rotatable bonds is 6. The molecule has 0 atom stereocenters. The molecule has 35 heavy (non-hydrogen) atoms. The molecule has 0 aliphatic rings. The third-order valence-electron chi connectivity index (χ3n) is 5.19. The molecule has 11 heteroatoms. The average Bonchev–Trinajstić information content (AvgIpc) is 3.34. The first-order valence-corrected chi connectivity index (χ1v) is 12.1. The normalized spacial score (nSPS) is 11.4. The minimum atomic E-state index is -3.36. The Balaban J connectivity index is 1.56. The van der Waals surface area contributed by atoms with E-state index >= 15 is 0 Å². The molecule has 0 saturated carbocycles. The minimum Gasteiger partial charge on any atom is -0.370 e. The molecule has 4 N–H and O–H groups in total. The fourth-order valence-electron chi connectivity index (χ4n) is 3.23. The van der Waals surface area contributed by atoms with Crippen LogP contribution in [-0.2, 0) is 9.84 Å². The van der Waals surface area contributed by atoms with Gasteiger partial charge in [-0.2, -0.15) is 0 Å². The SMILES string of the molecule is CC(C)S(=O)(=O)c1ccc(-c2cncc(-c3cc(-c4ccc(C(=O)NC(=N)N)cc4)no3)n2)cc1. The Morgan fingerprint density at radius 1 is 0.971 bits per heavy atom. The lowest BCUT2D eigenvalue weighted by Crippen LogP contribution is -2.35. The molecule has 178 valence electrons. The van der Waals surface area contributed by atoms with Crippen molar-refractivity contribution in [2.75, 3.05) is 0 Å². The molecule has 4 aromatic rings. The van der Waals surface area contributed by atoms with Crippen LogP contribution in [-0.4, -0.2) is 40.7 Å². The van der Waals surface area contributed by atoms with Crippen molar-refractivity contribution in [3.8, 4) is 34.0 Å². The summed E-state index contributed by atoms with van der Waals surface area (Å²) in [6.45, 7) is 3.28. The number of hydrogen-bond donors (Lipinski definition) is 3. The molecule has 0 saturated heterocycles. The summed E-state index contributed by atoms with van der Waals surface area (Å²) in [4.78, 5) is 21.0. The van der Waals surface area contributed by atoms with Crippen LogP contribution in [0.3, 0.4) is 0 Å². The molecule has 0 radical (unpaired) electrons. The zero-order chi connectivity index (χ0) is 25.2. The Labute approximate surface area is 201 Å². The first-order valence-electron chi connectivity index (χ1n) is 10.5. The molecule has 0 spiro atoms. The van der Waals surface area contributed by atoms with Gasteiger partial charge in [0.2, 0.25) is 0 Å². The van der Waals surface area contributed by atoms with Crippen molar-refractivity contribution >= 4 is 21.7 Å². The molecule has 2 aromatic heterocycles. The van der Waals surface area contributed by atoms with E-state index in [4.69, 9.17) is 15.7 Å². The van der Waals surface area contributed by atoms with Crippen LogP contribution in [0.4, 0.5) is 0 Å². The minimum absolute atomic E-state index is 0.255. The molecular formula is C24H22N6O4S. The molecule has 0 aliphatic carbocycles. The summed E-state index contributed by atoms with van der Waals surface area (Å²) >= 11 is 0. The average molecular weight is 491 g/mol. The second-order valence-corrected chi connectivity index (χ2v) is 10.4. The van der Waals surface area contributed by atoms with E-state index in [1.807, 2.05) is 0 Å². The number of guanidine groups is 1. The van der Waals surface area contributed by atoms with Gasteiger partial charge in [0.25, 0.3) is 5.91 Å². The van der Waals surface area contributed by atoms with Crippen LogP contribution < -0.4 is 11.1 Å². The number of nitrogens with zero attached hydrogens (tertiary/aromatic N) is 3. The molecule has 0 aliphatic heterocycles. The molecule has 4 rings (SSSR count). The summed E-state index contributed by atoms with van der Waals surface area (Å²) in [5.74, 6) is -0.515. The van der Waals surface area contributed by atoms with Crippen LogP contribution in [0.25, 0.3) is 34.0 Å². The Morgan fingerprint density at radius 3 is 2.20 bits per heavy atom. The van der Waals surface area contributed by atoms with Gasteiger partial charge in [-0.05, 0) is 38.1 Å². The Kier molecular flexibility index (Phi) is 6.43. The van der Waals surface area contributed by atoms with Gasteiger partial charge in [0.05, 0.1) is 28.2 Å². The number of nitrogens with one attached hydrogen (secondary N) is 2. The van der Waals surface area contributed by atoms with Gasteiger partial charge in [-0.25, -0.2) is 13.4 Å². The monoisotopic (exact) mass is 490 g/mol. The molecule has 0 bridgehead atoms. The van der Waals surface area contributed by atoms with Crippen molar-refractivity contribution in [3.63, 3.8) is 0 Å². The highest BCUT2D eigenvalue weighted by molar-refractivity contribution is 7.92. The van der Waals surface area contributed by atoms with Crippen LogP contribution in [0.1, 0.15) is 24.2 Å². The van der Waals surface area contributed by atoms with E-state index in [1.165, 1.54) is 0 Å². The van der Waals surface area contributed by atoms with Crippen molar-refractivity contribution in [2.24, 2.45) is 5.73 Å². The smallest absolute Gasteiger partial charge is 0.257 e. The van der Waals surface area contributed by atoms with Gasteiger partial charge in [-0.1, -0.05) is 29.4 Å². The maximum absolute atomic E-state index is 12.4. The number of hydrogen-bond acceptors (Lipinski definition) is 8. The van der Waals surface area contributed by atoms with Crippen molar-refractivity contribution in [1.29, 1.82) is 5.41 Å². The summed E-state index contributed by atoms with van der Waals surface area (Å²) in [5.41, 5.74) is 8.50. The topological polar surface area (TPSA) is 165 Å². The van der Waals surface area contributed by atoms with E-state index < -0.39 is 27.0 Å². The predicted molar refractivity (Wildman–Crippen MR) is 130 cm³/mol. The summed E-state index contributed by atoms with van der Waals surface area (Å²) in [6, 6.07) is 14.8. The Hall–Kier alpha value is -4.38. The van der Waals surface area contributed by atoms with Crippen LogP contribution in [0, 0.1) is 5.41 Å². The van der Waals surface area contributed by atoms with Gasteiger partial charge >= 0.3 is 0 Å². The van der Waals surface area contributed by atoms with Crippen LogP contribution in [0.2, 0.25) is 0 Å². The summed E-state index contributed by atoms with van der Waals surface area (Å²) < 4.78 is 30.2. The van der Waals surface area contributed by atoms with Gasteiger partial charge in [0.1, 0.15) is 11.4 Å². The zero-order valence-electron chi connectivity index (χ0n) is 18.9. The third kappa shape index (κ3) is 5.09.